The minimum atomic E-state index is -0.284. The van der Waals surface area contributed by atoms with Crippen molar-refractivity contribution < 1.29 is 0 Å². The second-order valence-corrected chi connectivity index (χ2v) is 7.01. The summed E-state index contributed by atoms with van der Waals surface area (Å²) in [6.07, 6.45) is 4.08. The second kappa shape index (κ2) is 6.31. The van der Waals surface area contributed by atoms with Crippen molar-refractivity contribution in [1.82, 2.24) is 44.5 Å². The van der Waals surface area contributed by atoms with Crippen molar-refractivity contribution in [2.45, 2.75) is 33.1 Å². The summed E-state index contributed by atoms with van der Waals surface area (Å²) >= 11 is 0. The van der Waals surface area contributed by atoms with E-state index in [1.54, 1.807) is 0 Å². The zero-order valence-electron chi connectivity index (χ0n) is 15.7. The predicted octanol–water partition coefficient (Wildman–Crippen LogP) is 3.00. The van der Waals surface area contributed by atoms with Crippen LogP contribution in [0.25, 0.3) is 16.4 Å². The van der Waals surface area contributed by atoms with E-state index in [0.717, 1.165) is 5.69 Å². The van der Waals surface area contributed by atoms with Crippen molar-refractivity contribution in [1.29, 1.82) is 0 Å². The Kier molecular flexibility index (Phi) is 3.92. The molecule has 0 aliphatic heterocycles. The molecule has 1 N–H and O–H groups in total. The maximum absolute atomic E-state index is 7.37. The molecule has 0 spiro atoms. The molecular formula is C16H16N12. The maximum atomic E-state index is 7.37. The predicted molar refractivity (Wildman–Crippen MR) is 98.2 cm³/mol. The van der Waals surface area contributed by atoms with E-state index in [9.17, 15) is 0 Å². The summed E-state index contributed by atoms with van der Waals surface area (Å²) in [7, 11) is 0. The number of H-pyrrole nitrogens is 1. The van der Waals surface area contributed by atoms with Gasteiger partial charge in [0.15, 0.2) is 17.2 Å². The fraction of sp³-hybridized carbons (Fsp3) is 0.312. The number of hydrogen-bond donors (Lipinski definition) is 1. The molecule has 0 aliphatic rings. The maximum Gasteiger partial charge on any atom is 0.254 e. The first-order chi connectivity index (χ1) is 13.4. The van der Waals surface area contributed by atoms with Gasteiger partial charge in [-0.2, -0.15) is 24.8 Å². The molecule has 140 valence electrons. The van der Waals surface area contributed by atoms with E-state index in [-0.39, 0.29) is 22.9 Å². The lowest BCUT2D eigenvalue weighted by Gasteiger charge is -2.15. The van der Waals surface area contributed by atoms with Crippen LogP contribution in [-0.2, 0) is 5.41 Å². The van der Waals surface area contributed by atoms with Crippen LogP contribution in [0.3, 0.4) is 0 Å². The quantitative estimate of drug-likeness (QED) is 0.432. The summed E-state index contributed by atoms with van der Waals surface area (Å²) in [6.45, 7) is 15.3. The van der Waals surface area contributed by atoms with Gasteiger partial charge in [-0.05, 0) is 6.92 Å². The van der Waals surface area contributed by atoms with Crippen LogP contribution >= 0.6 is 0 Å². The Morgan fingerprint density at radius 2 is 1.89 bits per heavy atom. The zero-order chi connectivity index (χ0) is 19.9. The number of rotatable bonds is 3. The van der Waals surface area contributed by atoms with Crippen LogP contribution in [0, 0.1) is 13.5 Å². The molecule has 0 amide bonds. The Morgan fingerprint density at radius 3 is 2.57 bits per heavy atom. The molecule has 0 saturated carbocycles. The Labute approximate surface area is 159 Å². The van der Waals surface area contributed by atoms with Crippen molar-refractivity contribution in [3.63, 3.8) is 0 Å². The summed E-state index contributed by atoms with van der Waals surface area (Å²) in [5.74, 6) is 1.17. The lowest BCUT2D eigenvalue weighted by atomic mass is 9.91. The second-order valence-electron chi connectivity index (χ2n) is 7.01. The van der Waals surface area contributed by atoms with Gasteiger partial charge >= 0.3 is 0 Å². The van der Waals surface area contributed by atoms with E-state index in [4.69, 9.17) is 6.57 Å². The Bertz CT molecular complexity index is 1210. The number of aromatic amines is 1. The molecule has 0 unspecified atom stereocenters. The van der Waals surface area contributed by atoms with Gasteiger partial charge in [0.2, 0.25) is 0 Å². The molecule has 12 nitrogen and oxygen atoms in total. The lowest BCUT2D eigenvalue weighted by molar-refractivity contribution is 0.557. The van der Waals surface area contributed by atoms with Crippen LogP contribution in [0.5, 0.6) is 0 Å². The summed E-state index contributed by atoms with van der Waals surface area (Å²) in [5, 5.41) is 21.7. The van der Waals surface area contributed by atoms with Crippen molar-refractivity contribution in [3.05, 3.63) is 41.8 Å². The first-order valence-electron chi connectivity index (χ1n) is 8.34. The van der Waals surface area contributed by atoms with Gasteiger partial charge in [-0.3, -0.25) is 0 Å². The molecule has 0 aliphatic carbocycles. The number of fused-ring (bicyclic) bond motifs is 1. The fourth-order valence-electron chi connectivity index (χ4n) is 2.61. The minimum Gasteiger partial charge on any atom is -0.324 e. The highest BCUT2D eigenvalue weighted by Gasteiger charge is 2.26. The van der Waals surface area contributed by atoms with Gasteiger partial charge in [-0.15, -0.1) is 20.0 Å². The molecule has 12 heteroatoms. The van der Waals surface area contributed by atoms with E-state index >= 15 is 0 Å². The highest BCUT2D eigenvalue weighted by molar-refractivity contribution is 5.69. The number of nitrogens with one attached hydrogen (secondary N) is 1. The largest absolute Gasteiger partial charge is 0.324 e. The van der Waals surface area contributed by atoms with E-state index in [1.807, 2.05) is 27.7 Å². The first-order valence-corrected chi connectivity index (χ1v) is 8.34. The van der Waals surface area contributed by atoms with Crippen LogP contribution in [0.4, 0.5) is 17.2 Å². The third-order valence-corrected chi connectivity index (χ3v) is 3.86. The minimum absolute atomic E-state index is 0.219. The fourth-order valence-corrected chi connectivity index (χ4v) is 2.61. The van der Waals surface area contributed by atoms with Crippen LogP contribution in [0.15, 0.2) is 29.1 Å². The third-order valence-electron chi connectivity index (χ3n) is 3.86. The average Bonchev–Trinajstić information content (AvgIpc) is 3.32. The Balaban J connectivity index is 1.87. The van der Waals surface area contributed by atoms with Crippen LogP contribution in [0.1, 0.15) is 32.3 Å². The highest BCUT2D eigenvalue weighted by atomic mass is 15.5. The summed E-state index contributed by atoms with van der Waals surface area (Å²) in [5.41, 5.74) is 1.85. The number of aromatic nitrogens is 9. The topological polar surface area (TPSA) is 132 Å². The first kappa shape index (κ1) is 17.4. The van der Waals surface area contributed by atoms with Crippen LogP contribution in [-0.4, -0.2) is 44.5 Å². The number of nitrogens with zero attached hydrogens (tertiary/aromatic N) is 11. The smallest absolute Gasteiger partial charge is 0.254 e. The van der Waals surface area contributed by atoms with Gasteiger partial charge in [0.05, 0.1) is 18.5 Å². The molecule has 0 radical (unpaired) electrons. The normalized spacial score (nSPS) is 12.1. The molecule has 0 saturated heterocycles. The molecule has 0 fully saturated rings. The molecular weight excluding hydrogens is 360 g/mol. The molecule has 4 rings (SSSR count). The van der Waals surface area contributed by atoms with Gasteiger partial charge in [-0.25, -0.2) is 9.83 Å². The average molecular weight is 376 g/mol. The molecule has 0 aromatic carbocycles. The standard InChI is InChI=1S/C16H16N12/c1-9-22-14-11(12(16(2,3)4)26-28(14)25-9)23-24-13-10(17-5)6-21-27(13)15-19-7-18-8-20-15/h6-8H,1-4H3,(H,22,25)/b24-23+. The van der Waals surface area contributed by atoms with E-state index < -0.39 is 0 Å². The van der Waals surface area contributed by atoms with Gasteiger partial charge < -0.3 is 4.98 Å². The van der Waals surface area contributed by atoms with Crippen LogP contribution in [0.2, 0.25) is 0 Å². The summed E-state index contributed by atoms with van der Waals surface area (Å²) in [4.78, 5) is 18.5. The number of hydrogen-bond acceptors (Lipinski definition) is 8. The summed E-state index contributed by atoms with van der Waals surface area (Å²) < 4.78 is 2.84. The lowest BCUT2D eigenvalue weighted by Crippen LogP contribution is -2.12. The third kappa shape index (κ3) is 2.88. The van der Waals surface area contributed by atoms with E-state index in [1.165, 1.54) is 28.2 Å². The molecule has 28 heavy (non-hydrogen) atoms. The summed E-state index contributed by atoms with van der Waals surface area (Å²) in [6, 6.07) is 0. The van der Waals surface area contributed by atoms with E-state index in [2.05, 4.69) is 50.3 Å². The Morgan fingerprint density at radius 1 is 1.14 bits per heavy atom. The highest BCUT2D eigenvalue weighted by Crippen LogP contribution is 2.36. The molecule has 0 bridgehead atoms. The number of aryl methyl sites for hydroxylation is 1. The van der Waals surface area contributed by atoms with Crippen molar-refractivity contribution in [2.24, 2.45) is 10.2 Å². The van der Waals surface area contributed by atoms with Crippen molar-refractivity contribution in [3.8, 4) is 5.95 Å². The molecule has 4 aromatic heterocycles. The Hall–Kier alpha value is -4.01. The zero-order valence-corrected chi connectivity index (χ0v) is 15.7. The van der Waals surface area contributed by atoms with Crippen LogP contribution < -0.4 is 0 Å². The van der Waals surface area contributed by atoms with Crippen molar-refractivity contribution >= 4 is 22.8 Å². The monoisotopic (exact) mass is 376 g/mol. The van der Waals surface area contributed by atoms with Crippen molar-refractivity contribution in [2.75, 3.05) is 0 Å². The van der Waals surface area contributed by atoms with E-state index in [0.29, 0.717) is 17.2 Å². The van der Waals surface area contributed by atoms with Gasteiger partial charge in [0.25, 0.3) is 11.6 Å². The van der Waals surface area contributed by atoms with Gasteiger partial charge in [0.1, 0.15) is 18.5 Å². The molecule has 0 atom stereocenters. The number of azo groups is 1. The van der Waals surface area contributed by atoms with Gasteiger partial charge in [0, 0.05) is 5.41 Å². The molecule has 4 heterocycles. The SMILES string of the molecule is [C-]#[N+]c1cnn(-c2ncncn2)c1/N=N/c1c(C(C)(C)C)nn2nc(C)[nH]c12. The molecule has 4 aromatic rings. The van der Waals surface area contributed by atoms with Gasteiger partial charge in [-0.1, -0.05) is 20.8 Å².